The Bertz CT molecular complexity index is 521. The highest BCUT2D eigenvalue weighted by molar-refractivity contribution is 5.24. The minimum Gasteiger partial charge on any atom is -0.375 e. The largest absolute Gasteiger partial charge is 0.375 e. The van der Waals surface area contributed by atoms with E-state index < -0.39 is 0 Å². The average Bonchev–Trinajstić information content (AvgIpc) is 2.57. The molecular weight excluding hydrogens is 288 g/mol. The molecule has 0 amide bonds. The zero-order valence-electron chi connectivity index (χ0n) is 14.4. The van der Waals surface area contributed by atoms with Gasteiger partial charge in [0, 0.05) is 14.2 Å². The molecule has 0 heterocycles. The first-order chi connectivity index (χ1) is 11.1. The van der Waals surface area contributed by atoms with Crippen LogP contribution in [0.3, 0.4) is 0 Å². The number of rotatable bonds is 8. The van der Waals surface area contributed by atoms with Crippen LogP contribution in [-0.2, 0) is 14.2 Å². The number of ether oxygens (including phenoxy) is 3. The summed E-state index contributed by atoms with van der Waals surface area (Å²) < 4.78 is 17.0. The average molecular weight is 314 g/mol. The van der Waals surface area contributed by atoms with E-state index in [4.69, 9.17) is 14.2 Å². The third kappa shape index (κ3) is 5.17. The van der Waals surface area contributed by atoms with Crippen LogP contribution < -0.4 is 0 Å². The number of hydrogen-bond acceptors (Lipinski definition) is 3. The summed E-state index contributed by atoms with van der Waals surface area (Å²) in [5.41, 5.74) is 4.73. The molecule has 2 rings (SSSR count). The molecule has 0 aliphatic heterocycles. The lowest BCUT2D eigenvalue weighted by molar-refractivity contribution is -0.0368. The Morgan fingerprint density at radius 2 is 1.00 bits per heavy atom. The van der Waals surface area contributed by atoms with Crippen LogP contribution in [0.5, 0.6) is 0 Å². The minimum atomic E-state index is -0.0638. The van der Waals surface area contributed by atoms with Gasteiger partial charge in [-0.1, -0.05) is 59.7 Å². The minimum absolute atomic E-state index is 0.0638. The molecule has 0 N–H and O–H groups in total. The predicted octanol–water partition coefficient (Wildman–Crippen LogP) is 4.40. The number of hydrogen-bond donors (Lipinski definition) is 0. The van der Waals surface area contributed by atoms with Crippen LogP contribution in [0.15, 0.2) is 48.5 Å². The van der Waals surface area contributed by atoms with E-state index in [2.05, 4.69) is 62.4 Å². The molecule has 0 aromatic heterocycles. The normalized spacial score (nSPS) is 13.7. The fourth-order valence-electron chi connectivity index (χ4n) is 2.45. The Kier molecular flexibility index (Phi) is 6.78. The van der Waals surface area contributed by atoms with Gasteiger partial charge >= 0.3 is 0 Å². The van der Waals surface area contributed by atoms with Gasteiger partial charge in [-0.25, -0.2) is 0 Å². The van der Waals surface area contributed by atoms with Crippen LogP contribution >= 0.6 is 0 Å². The maximum absolute atomic E-state index is 5.86. The van der Waals surface area contributed by atoms with Crippen molar-refractivity contribution < 1.29 is 14.2 Å². The summed E-state index contributed by atoms with van der Waals surface area (Å²) >= 11 is 0. The second-order valence-electron chi connectivity index (χ2n) is 5.81. The maximum Gasteiger partial charge on any atom is 0.105 e. The number of aryl methyl sites for hydroxylation is 2. The summed E-state index contributed by atoms with van der Waals surface area (Å²) in [7, 11) is 3.42. The van der Waals surface area contributed by atoms with Crippen LogP contribution in [-0.4, -0.2) is 27.4 Å². The van der Waals surface area contributed by atoms with Crippen molar-refractivity contribution in [1.29, 1.82) is 0 Å². The molecule has 124 valence electrons. The first-order valence-electron chi connectivity index (χ1n) is 7.90. The lowest BCUT2D eigenvalue weighted by Gasteiger charge is -2.20. The van der Waals surface area contributed by atoms with E-state index >= 15 is 0 Å². The second kappa shape index (κ2) is 8.82. The summed E-state index contributed by atoms with van der Waals surface area (Å²) in [6, 6.07) is 16.7. The van der Waals surface area contributed by atoms with Gasteiger partial charge in [0.1, 0.15) is 12.2 Å². The summed E-state index contributed by atoms with van der Waals surface area (Å²) in [5, 5.41) is 0. The zero-order valence-corrected chi connectivity index (χ0v) is 14.4. The van der Waals surface area contributed by atoms with Gasteiger partial charge in [0.05, 0.1) is 13.2 Å². The topological polar surface area (TPSA) is 27.7 Å². The van der Waals surface area contributed by atoms with Gasteiger partial charge in [-0.05, 0) is 25.0 Å². The van der Waals surface area contributed by atoms with Crippen molar-refractivity contribution in [2.45, 2.75) is 26.1 Å². The summed E-state index contributed by atoms with van der Waals surface area (Å²) in [4.78, 5) is 0. The van der Waals surface area contributed by atoms with Crippen molar-refractivity contribution in [3.63, 3.8) is 0 Å². The molecule has 0 fully saturated rings. The van der Waals surface area contributed by atoms with E-state index in [0.717, 1.165) is 11.1 Å². The molecule has 2 aromatic rings. The molecule has 0 aliphatic rings. The fourth-order valence-corrected chi connectivity index (χ4v) is 2.45. The van der Waals surface area contributed by atoms with Crippen LogP contribution in [0.2, 0.25) is 0 Å². The monoisotopic (exact) mass is 314 g/mol. The molecule has 0 spiro atoms. The third-order valence-electron chi connectivity index (χ3n) is 4.01. The Balaban J connectivity index is 1.90. The van der Waals surface area contributed by atoms with E-state index in [1.807, 2.05) is 0 Å². The van der Waals surface area contributed by atoms with E-state index in [1.165, 1.54) is 11.1 Å². The highest BCUT2D eigenvalue weighted by Gasteiger charge is 2.14. The molecule has 3 heteroatoms. The third-order valence-corrected chi connectivity index (χ3v) is 4.01. The molecule has 23 heavy (non-hydrogen) atoms. The quantitative estimate of drug-likeness (QED) is 0.723. The molecule has 0 bridgehead atoms. The molecule has 2 aromatic carbocycles. The lowest BCUT2D eigenvalue weighted by Crippen LogP contribution is -2.15. The molecule has 3 nitrogen and oxygen atoms in total. The Hall–Kier alpha value is -1.68. The van der Waals surface area contributed by atoms with Crippen molar-refractivity contribution in [3.8, 4) is 0 Å². The second-order valence-corrected chi connectivity index (χ2v) is 5.81. The first-order valence-corrected chi connectivity index (χ1v) is 7.90. The Morgan fingerprint density at radius 3 is 1.30 bits per heavy atom. The summed E-state index contributed by atoms with van der Waals surface area (Å²) in [6.45, 7) is 5.16. The van der Waals surface area contributed by atoms with Crippen molar-refractivity contribution >= 4 is 0 Å². The smallest absolute Gasteiger partial charge is 0.105 e. The van der Waals surface area contributed by atoms with Gasteiger partial charge in [0.25, 0.3) is 0 Å². The van der Waals surface area contributed by atoms with Gasteiger partial charge < -0.3 is 14.2 Å². The highest BCUT2D eigenvalue weighted by atomic mass is 16.5. The lowest BCUT2D eigenvalue weighted by atomic mass is 10.1. The van der Waals surface area contributed by atoms with Crippen LogP contribution in [0.25, 0.3) is 0 Å². The van der Waals surface area contributed by atoms with Crippen molar-refractivity contribution in [3.05, 3.63) is 70.8 Å². The standard InChI is InChI=1S/C20H26O3/c1-15-5-9-17(10-6-15)19(21-3)13-23-14-20(22-4)18-11-7-16(2)8-12-18/h5-12,19-20H,13-14H2,1-4H3. The maximum atomic E-state index is 5.86. The van der Waals surface area contributed by atoms with E-state index in [1.54, 1.807) is 14.2 Å². The fraction of sp³-hybridized carbons (Fsp3) is 0.400. The molecule has 0 saturated heterocycles. The molecular formula is C20H26O3. The summed E-state index contributed by atoms with van der Waals surface area (Å²) in [5.74, 6) is 0. The SMILES string of the molecule is COC(COCC(OC)c1ccc(C)cc1)c1ccc(C)cc1. The molecule has 2 atom stereocenters. The van der Waals surface area contributed by atoms with Gasteiger partial charge in [0.15, 0.2) is 0 Å². The van der Waals surface area contributed by atoms with Crippen LogP contribution in [0, 0.1) is 13.8 Å². The van der Waals surface area contributed by atoms with Crippen LogP contribution in [0.1, 0.15) is 34.5 Å². The Labute approximate surface area is 139 Å². The van der Waals surface area contributed by atoms with Gasteiger partial charge in [-0.2, -0.15) is 0 Å². The van der Waals surface area contributed by atoms with Crippen molar-refractivity contribution in [2.24, 2.45) is 0 Å². The molecule has 0 radical (unpaired) electrons. The molecule has 0 saturated carbocycles. The first kappa shape index (κ1) is 17.7. The zero-order chi connectivity index (χ0) is 16.7. The molecule has 2 unspecified atom stereocenters. The highest BCUT2D eigenvalue weighted by Crippen LogP contribution is 2.21. The predicted molar refractivity (Wildman–Crippen MR) is 92.7 cm³/mol. The van der Waals surface area contributed by atoms with Crippen LogP contribution in [0.4, 0.5) is 0 Å². The number of benzene rings is 2. The number of methoxy groups -OCH3 is 2. The van der Waals surface area contributed by atoms with Gasteiger partial charge in [-0.15, -0.1) is 0 Å². The van der Waals surface area contributed by atoms with Crippen molar-refractivity contribution in [2.75, 3.05) is 27.4 Å². The van der Waals surface area contributed by atoms with Gasteiger partial charge in [0.2, 0.25) is 0 Å². The van der Waals surface area contributed by atoms with Crippen molar-refractivity contribution in [1.82, 2.24) is 0 Å². The summed E-state index contributed by atoms with van der Waals surface area (Å²) in [6.07, 6.45) is -0.128. The van der Waals surface area contributed by atoms with E-state index in [0.29, 0.717) is 13.2 Å². The van der Waals surface area contributed by atoms with E-state index in [-0.39, 0.29) is 12.2 Å². The van der Waals surface area contributed by atoms with Gasteiger partial charge in [-0.3, -0.25) is 0 Å². The Morgan fingerprint density at radius 1 is 0.652 bits per heavy atom. The van der Waals surface area contributed by atoms with E-state index in [9.17, 15) is 0 Å². The molecule has 0 aliphatic carbocycles.